The van der Waals surface area contributed by atoms with E-state index in [2.05, 4.69) is 38.9 Å². The average molecular weight is 269 g/mol. The van der Waals surface area contributed by atoms with Crippen LogP contribution >= 0.6 is 0 Å². The van der Waals surface area contributed by atoms with Gasteiger partial charge in [-0.15, -0.1) is 0 Å². The second-order valence-corrected chi connectivity index (χ2v) is 4.84. The normalized spacial score (nSPS) is 11.2. The number of fused-ring (bicyclic) bond motifs is 1. The largest absolute Gasteiger partial charge is 0.345 e. The topological polar surface area (TPSA) is 75.6 Å². The van der Waals surface area contributed by atoms with Crippen LogP contribution < -0.4 is 5.32 Å². The summed E-state index contributed by atoms with van der Waals surface area (Å²) in [5.41, 5.74) is 1.67. The zero-order valence-electron chi connectivity index (χ0n) is 11.3. The Balaban J connectivity index is 2.01. The van der Waals surface area contributed by atoms with Gasteiger partial charge in [-0.05, 0) is 32.0 Å². The molecule has 102 valence electrons. The summed E-state index contributed by atoms with van der Waals surface area (Å²) < 4.78 is 2.14. The Labute approximate surface area is 115 Å². The fourth-order valence-corrected chi connectivity index (χ4v) is 2.28. The van der Waals surface area contributed by atoms with Crippen LogP contribution in [0.4, 0.5) is 5.95 Å². The van der Waals surface area contributed by atoms with Gasteiger partial charge in [0.25, 0.3) is 5.91 Å². The van der Waals surface area contributed by atoms with Gasteiger partial charge >= 0.3 is 0 Å². The van der Waals surface area contributed by atoms with Gasteiger partial charge < -0.3 is 4.57 Å². The van der Waals surface area contributed by atoms with Crippen LogP contribution in [0.3, 0.4) is 0 Å². The SMILES string of the molecule is CC(C)n1ccc2c(C(=O)Nc3ncn[nH]3)cccc21. The highest BCUT2D eigenvalue weighted by Crippen LogP contribution is 2.23. The number of rotatable bonds is 3. The zero-order valence-corrected chi connectivity index (χ0v) is 11.3. The molecule has 0 unspecified atom stereocenters. The summed E-state index contributed by atoms with van der Waals surface area (Å²) in [7, 11) is 0. The molecule has 3 aromatic rings. The number of nitrogens with zero attached hydrogens (tertiary/aromatic N) is 3. The van der Waals surface area contributed by atoms with E-state index in [-0.39, 0.29) is 5.91 Å². The Kier molecular flexibility index (Phi) is 2.98. The molecule has 0 fully saturated rings. The number of H-pyrrole nitrogens is 1. The minimum absolute atomic E-state index is 0.200. The Bertz CT molecular complexity index is 742. The minimum atomic E-state index is -0.200. The molecule has 1 amide bonds. The third-order valence-corrected chi connectivity index (χ3v) is 3.21. The lowest BCUT2D eigenvalue weighted by molar-refractivity contribution is 0.102. The molecule has 0 bridgehead atoms. The van der Waals surface area contributed by atoms with Crippen LogP contribution in [0.25, 0.3) is 10.9 Å². The number of hydrogen-bond donors (Lipinski definition) is 2. The highest BCUT2D eigenvalue weighted by atomic mass is 16.1. The van der Waals surface area contributed by atoms with Gasteiger partial charge in [0.2, 0.25) is 5.95 Å². The van der Waals surface area contributed by atoms with E-state index in [0.29, 0.717) is 17.6 Å². The summed E-state index contributed by atoms with van der Waals surface area (Å²) in [5, 5.41) is 9.94. The lowest BCUT2D eigenvalue weighted by Gasteiger charge is -2.10. The first-order valence-corrected chi connectivity index (χ1v) is 6.43. The zero-order chi connectivity index (χ0) is 14.1. The molecule has 0 aliphatic heterocycles. The molecule has 20 heavy (non-hydrogen) atoms. The third-order valence-electron chi connectivity index (χ3n) is 3.21. The summed E-state index contributed by atoms with van der Waals surface area (Å²) in [5.74, 6) is 0.143. The number of aromatic amines is 1. The predicted molar refractivity (Wildman–Crippen MR) is 76.7 cm³/mol. The molecule has 3 rings (SSSR count). The van der Waals surface area contributed by atoms with Crippen molar-refractivity contribution in [1.82, 2.24) is 19.7 Å². The molecule has 0 aliphatic carbocycles. The molecule has 6 heteroatoms. The first kappa shape index (κ1) is 12.4. The fourth-order valence-electron chi connectivity index (χ4n) is 2.28. The van der Waals surface area contributed by atoms with Crippen molar-refractivity contribution in [3.8, 4) is 0 Å². The number of hydrogen-bond acceptors (Lipinski definition) is 3. The van der Waals surface area contributed by atoms with Crippen molar-refractivity contribution in [3.05, 3.63) is 42.4 Å². The lowest BCUT2D eigenvalue weighted by Crippen LogP contribution is -2.13. The molecule has 0 saturated heterocycles. The second kappa shape index (κ2) is 4.80. The van der Waals surface area contributed by atoms with Gasteiger partial charge in [-0.3, -0.25) is 10.1 Å². The maximum Gasteiger partial charge on any atom is 0.258 e. The maximum absolute atomic E-state index is 12.3. The van der Waals surface area contributed by atoms with E-state index in [0.717, 1.165) is 10.9 Å². The standard InChI is InChI=1S/C14H15N5O/c1-9(2)19-7-6-10-11(4-3-5-12(10)19)13(20)17-14-15-8-16-18-14/h3-9H,1-2H3,(H2,15,16,17,18,20). The third kappa shape index (κ3) is 2.05. The number of carbonyl (C=O) groups excluding carboxylic acids is 1. The molecule has 2 heterocycles. The quantitative estimate of drug-likeness (QED) is 0.767. The van der Waals surface area contributed by atoms with E-state index >= 15 is 0 Å². The van der Waals surface area contributed by atoms with E-state index in [1.165, 1.54) is 6.33 Å². The molecule has 2 aromatic heterocycles. The molecule has 2 N–H and O–H groups in total. The first-order valence-electron chi connectivity index (χ1n) is 6.43. The Morgan fingerprint density at radius 2 is 2.20 bits per heavy atom. The molecular weight excluding hydrogens is 254 g/mol. The fraction of sp³-hybridized carbons (Fsp3) is 0.214. The van der Waals surface area contributed by atoms with Crippen LogP contribution in [0.2, 0.25) is 0 Å². The van der Waals surface area contributed by atoms with Gasteiger partial charge in [0, 0.05) is 28.7 Å². The summed E-state index contributed by atoms with van der Waals surface area (Å²) in [6.07, 6.45) is 3.35. The summed E-state index contributed by atoms with van der Waals surface area (Å²) in [6.45, 7) is 4.22. The van der Waals surface area contributed by atoms with E-state index in [1.54, 1.807) is 6.07 Å². The van der Waals surface area contributed by atoms with Crippen LogP contribution in [0.5, 0.6) is 0 Å². The second-order valence-electron chi connectivity index (χ2n) is 4.84. The van der Waals surface area contributed by atoms with Gasteiger partial charge in [0.1, 0.15) is 6.33 Å². The predicted octanol–water partition coefficient (Wildman–Crippen LogP) is 2.59. The Morgan fingerprint density at radius 3 is 2.90 bits per heavy atom. The molecular formula is C14H15N5O. The number of aromatic nitrogens is 4. The van der Waals surface area contributed by atoms with E-state index in [1.807, 2.05) is 24.4 Å². The van der Waals surface area contributed by atoms with Crippen molar-refractivity contribution in [1.29, 1.82) is 0 Å². The van der Waals surface area contributed by atoms with Crippen molar-refractivity contribution in [3.63, 3.8) is 0 Å². The number of amides is 1. The van der Waals surface area contributed by atoms with Crippen molar-refractivity contribution >= 4 is 22.8 Å². The smallest absolute Gasteiger partial charge is 0.258 e. The number of carbonyl (C=O) groups is 1. The van der Waals surface area contributed by atoms with Crippen LogP contribution in [-0.2, 0) is 0 Å². The molecule has 0 saturated carbocycles. The summed E-state index contributed by atoms with van der Waals surface area (Å²) in [4.78, 5) is 16.2. The van der Waals surface area contributed by atoms with Crippen molar-refractivity contribution in [2.75, 3.05) is 5.32 Å². The van der Waals surface area contributed by atoms with E-state index in [9.17, 15) is 4.79 Å². The average Bonchev–Trinajstić information content (AvgIpc) is 3.06. The summed E-state index contributed by atoms with van der Waals surface area (Å²) in [6, 6.07) is 8.01. The number of anilines is 1. The summed E-state index contributed by atoms with van der Waals surface area (Å²) >= 11 is 0. The van der Waals surface area contributed by atoms with Crippen molar-refractivity contribution in [2.24, 2.45) is 0 Å². The van der Waals surface area contributed by atoms with Gasteiger partial charge in [0.15, 0.2) is 0 Å². The molecule has 0 spiro atoms. The van der Waals surface area contributed by atoms with Crippen LogP contribution in [0, 0.1) is 0 Å². The van der Waals surface area contributed by atoms with Crippen LogP contribution in [-0.4, -0.2) is 25.7 Å². The highest BCUT2D eigenvalue weighted by molar-refractivity contribution is 6.12. The monoisotopic (exact) mass is 269 g/mol. The number of benzene rings is 1. The maximum atomic E-state index is 12.3. The molecule has 0 aliphatic rings. The van der Waals surface area contributed by atoms with Gasteiger partial charge in [-0.25, -0.2) is 5.10 Å². The number of nitrogens with one attached hydrogen (secondary N) is 2. The van der Waals surface area contributed by atoms with Crippen molar-refractivity contribution in [2.45, 2.75) is 19.9 Å². The Hall–Kier alpha value is -2.63. The minimum Gasteiger partial charge on any atom is -0.345 e. The molecule has 6 nitrogen and oxygen atoms in total. The van der Waals surface area contributed by atoms with Gasteiger partial charge in [-0.1, -0.05) is 6.07 Å². The molecule has 1 aromatic carbocycles. The van der Waals surface area contributed by atoms with Crippen LogP contribution in [0.15, 0.2) is 36.8 Å². The molecule has 0 atom stereocenters. The Morgan fingerprint density at radius 1 is 1.35 bits per heavy atom. The van der Waals surface area contributed by atoms with Gasteiger partial charge in [-0.2, -0.15) is 10.1 Å². The van der Waals surface area contributed by atoms with E-state index < -0.39 is 0 Å². The lowest BCUT2D eigenvalue weighted by atomic mass is 10.1. The first-order chi connectivity index (χ1) is 9.66. The van der Waals surface area contributed by atoms with Crippen molar-refractivity contribution < 1.29 is 4.79 Å². The highest BCUT2D eigenvalue weighted by Gasteiger charge is 2.14. The van der Waals surface area contributed by atoms with Crippen LogP contribution in [0.1, 0.15) is 30.2 Å². The molecule has 0 radical (unpaired) electrons. The van der Waals surface area contributed by atoms with E-state index in [4.69, 9.17) is 0 Å². The van der Waals surface area contributed by atoms with Gasteiger partial charge in [0.05, 0.1) is 0 Å².